The van der Waals surface area contributed by atoms with Crippen molar-refractivity contribution in [1.82, 2.24) is 10.6 Å². The Balaban J connectivity index is 2.18. The number of para-hydroxylation sites is 1. The lowest BCUT2D eigenvalue weighted by molar-refractivity contribution is -0.162. The third-order valence-corrected chi connectivity index (χ3v) is 4.24. The van der Waals surface area contributed by atoms with Crippen molar-refractivity contribution >= 4 is 17.6 Å². The van der Waals surface area contributed by atoms with E-state index in [2.05, 4.69) is 17.8 Å². The molecule has 0 saturated heterocycles. The predicted molar refractivity (Wildman–Crippen MR) is 94.0 cm³/mol. The Morgan fingerprint density at radius 2 is 1.92 bits per heavy atom. The van der Waals surface area contributed by atoms with Gasteiger partial charge < -0.3 is 15.3 Å². The Morgan fingerprint density at radius 3 is 2.52 bits per heavy atom. The molecule has 1 aromatic carbocycles. The minimum Gasteiger partial charge on any atom is -0.479 e. The zero-order valence-electron chi connectivity index (χ0n) is 14.4. The minimum atomic E-state index is -1.78. The van der Waals surface area contributed by atoms with Crippen LogP contribution in [0.2, 0.25) is 0 Å². The maximum atomic E-state index is 12.9. The van der Waals surface area contributed by atoms with Gasteiger partial charge in [-0.3, -0.25) is 9.80 Å². The predicted octanol–water partition coefficient (Wildman–Crippen LogP) is 3.03. The molecule has 7 heteroatoms. The van der Waals surface area contributed by atoms with E-state index in [1.165, 1.54) is 17.5 Å². The first kappa shape index (κ1) is 18.8. The molecule has 25 heavy (non-hydrogen) atoms. The van der Waals surface area contributed by atoms with Crippen LogP contribution >= 0.6 is 0 Å². The van der Waals surface area contributed by atoms with Crippen LogP contribution in [0.25, 0.3) is 0 Å². The number of hydrogen-bond acceptors (Lipinski definition) is 5. The first-order chi connectivity index (χ1) is 12.1. The molecule has 1 aliphatic heterocycles. The number of nitrogens with zero attached hydrogens (tertiary/aromatic N) is 1. The van der Waals surface area contributed by atoms with E-state index < -0.39 is 17.4 Å². The maximum Gasteiger partial charge on any atom is 0.341 e. The number of carbonyl (C=O) groups excluding carboxylic acids is 1. The summed E-state index contributed by atoms with van der Waals surface area (Å²) in [6.07, 6.45) is 7.62. The van der Waals surface area contributed by atoms with Crippen LogP contribution in [0.1, 0.15) is 45.4 Å². The van der Waals surface area contributed by atoms with Crippen LogP contribution in [0.4, 0.5) is 5.69 Å². The van der Waals surface area contributed by atoms with Gasteiger partial charge in [-0.2, -0.15) is 0 Å². The molecular weight excluding hydrogens is 322 g/mol. The van der Waals surface area contributed by atoms with Crippen molar-refractivity contribution in [1.29, 1.82) is 0 Å². The number of rotatable bonds is 10. The number of nitrogens with one attached hydrogen (secondary N) is 2. The Kier molecular flexibility index (Phi) is 6.82. The highest BCUT2D eigenvalue weighted by Crippen LogP contribution is 2.27. The van der Waals surface area contributed by atoms with Gasteiger partial charge in [-0.25, -0.2) is 4.79 Å². The number of unbranched alkanes of at least 4 members (excludes halogenated alkanes) is 4. The van der Waals surface area contributed by atoms with Gasteiger partial charge >= 0.3 is 5.97 Å². The smallest absolute Gasteiger partial charge is 0.341 e. The topological polar surface area (TPSA) is 90.9 Å². The Bertz CT molecular complexity index is 606. The number of carboxylic acid groups (broad SMARTS) is 1. The quantitative estimate of drug-likeness (QED) is 0.445. The van der Waals surface area contributed by atoms with E-state index in [-0.39, 0.29) is 6.42 Å². The Labute approximate surface area is 147 Å². The van der Waals surface area contributed by atoms with Gasteiger partial charge in [0.15, 0.2) is 0 Å². The molecule has 0 spiro atoms. The lowest BCUT2D eigenvalue weighted by Gasteiger charge is -2.35. The van der Waals surface area contributed by atoms with Crippen LogP contribution in [0, 0.1) is 0 Å². The average Bonchev–Trinajstić information content (AvgIpc) is 3.13. The number of anilines is 1. The van der Waals surface area contributed by atoms with Crippen molar-refractivity contribution in [3.63, 3.8) is 0 Å². The Hall–Kier alpha value is -2.54. The lowest BCUT2D eigenvalue weighted by Crippen LogP contribution is -2.63. The van der Waals surface area contributed by atoms with Crippen LogP contribution in [-0.2, 0) is 14.4 Å². The number of hydrazine groups is 1. The van der Waals surface area contributed by atoms with Gasteiger partial charge in [0.1, 0.15) is 6.26 Å². The van der Waals surface area contributed by atoms with Crippen LogP contribution in [0.5, 0.6) is 0 Å². The normalized spacial score (nSPS) is 15.5. The molecule has 1 aliphatic rings. The zero-order chi connectivity index (χ0) is 18.1. The second-order valence-corrected chi connectivity index (χ2v) is 6.01. The molecule has 0 aromatic heterocycles. The summed E-state index contributed by atoms with van der Waals surface area (Å²) in [7, 11) is 0. The fraction of sp³-hybridized carbons (Fsp3) is 0.444. The zero-order valence-corrected chi connectivity index (χ0v) is 14.4. The highest BCUT2D eigenvalue weighted by atomic mass is 16.7. The van der Waals surface area contributed by atoms with Gasteiger partial charge in [0.25, 0.3) is 5.91 Å². The number of aliphatic carboxylic acids is 1. The van der Waals surface area contributed by atoms with Gasteiger partial charge in [0.05, 0.1) is 6.20 Å². The molecule has 1 unspecified atom stereocenters. The van der Waals surface area contributed by atoms with Crippen molar-refractivity contribution in [3.8, 4) is 0 Å². The number of benzene rings is 1. The third kappa shape index (κ3) is 4.51. The van der Waals surface area contributed by atoms with Crippen molar-refractivity contribution < 1.29 is 19.5 Å². The highest BCUT2D eigenvalue weighted by Gasteiger charge is 2.51. The molecule has 3 N–H and O–H groups in total. The molecule has 1 amide bonds. The highest BCUT2D eigenvalue weighted by molar-refractivity contribution is 6.12. The van der Waals surface area contributed by atoms with Crippen molar-refractivity contribution in [2.24, 2.45) is 0 Å². The van der Waals surface area contributed by atoms with Crippen molar-refractivity contribution in [2.75, 3.05) is 5.32 Å². The number of hydrogen-bond donors (Lipinski definition) is 3. The third-order valence-electron chi connectivity index (χ3n) is 4.24. The first-order valence-electron chi connectivity index (χ1n) is 8.58. The van der Waals surface area contributed by atoms with Gasteiger partial charge in [0, 0.05) is 5.69 Å². The summed E-state index contributed by atoms with van der Waals surface area (Å²) in [4.78, 5) is 30.0. The molecule has 0 saturated carbocycles. The summed E-state index contributed by atoms with van der Waals surface area (Å²) in [6.45, 7) is 2.12. The molecular formula is C18H25N3O4. The number of amides is 1. The SMILES string of the molecule is CCCCCCCC(C(=O)O)(C(=O)Nc1ccccc1)N1C=CON1. The molecule has 1 heterocycles. The summed E-state index contributed by atoms with van der Waals surface area (Å²) in [6, 6.07) is 8.82. The molecule has 0 aliphatic carbocycles. The molecule has 0 bridgehead atoms. The van der Waals surface area contributed by atoms with E-state index in [1.807, 2.05) is 6.07 Å². The van der Waals surface area contributed by atoms with Crippen LogP contribution < -0.4 is 10.9 Å². The molecule has 0 radical (unpaired) electrons. The van der Waals surface area contributed by atoms with Gasteiger partial charge in [-0.1, -0.05) is 56.4 Å². The second kappa shape index (κ2) is 9.08. The standard InChI is InChI=1S/C18H25N3O4/c1-2-3-4-5-9-12-18(17(23)24,21-13-14-25-20-21)16(22)19-15-10-7-6-8-11-15/h6-8,10-11,13-14,20H,2-5,9,12H2,1H3,(H,19,22)(H,23,24). The van der Waals surface area contributed by atoms with E-state index in [4.69, 9.17) is 4.84 Å². The largest absolute Gasteiger partial charge is 0.479 e. The summed E-state index contributed by atoms with van der Waals surface area (Å²) < 4.78 is 0. The first-order valence-corrected chi connectivity index (χ1v) is 8.58. The summed E-state index contributed by atoms with van der Waals surface area (Å²) in [5.41, 5.74) is 1.24. The fourth-order valence-corrected chi connectivity index (χ4v) is 2.80. The summed E-state index contributed by atoms with van der Waals surface area (Å²) in [5, 5.41) is 13.8. The fourth-order valence-electron chi connectivity index (χ4n) is 2.80. The molecule has 1 aromatic rings. The van der Waals surface area contributed by atoms with Crippen molar-refractivity contribution in [3.05, 3.63) is 42.8 Å². The molecule has 2 rings (SSSR count). The van der Waals surface area contributed by atoms with Crippen LogP contribution in [0.3, 0.4) is 0 Å². The lowest BCUT2D eigenvalue weighted by atomic mass is 9.89. The number of carbonyl (C=O) groups is 2. The summed E-state index contributed by atoms with van der Waals surface area (Å²) in [5.74, 6) is -1.83. The van der Waals surface area contributed by atoms with E-state index in [1.54, 1.807) is 24.3 Å². The van der Waals surface area contributed by atoms with Crippen molar-refractivity contribution in [2.45, 2.75) is 51.0 Å². The maximum absolute atomic E-state index is 12.9. The molecule has 0 fully saturated rings. The Morgan fingerprint density at radius 1 is 1.20 bits per heavy atom. The monoisotopic (exact) mass is 347 g/mol. The van der Waals surface area contributed by atoms with Gasteiger partial charge in [-0.15, -0.1) is 0 Å². The van der Waals surface area contributed by atoms with Crippen LogP contribution in [-0.4, -0.2) is 27.5 Å². The minimum absolute atomic E-state index is 0.172. The van der Waals surface area contributed by atoms with Crippen LogP contribution in [0.15, 0.2) is 42.8 Å². The molecule has 136 valence electrons. The van der Waals surface area contributed by atoms with E-state index >= 15 is 0 Å². The van der Waals surface area contributed by atoms with E-state index in [9.17, 15) is 14.7 Å². The molecule has 1 atom stereocenters. The van der Waals surface area contributed by atoms with E-state index in [0.717, 1.165) is 25.7 Å². The second-order valence-electron chi connectivity index (χ2n) is 6.01. The van der Waals surface area contributed by atoms with E-state index in [0.29, 0.717) is 12.1 Å². The average molecular weight is 347 g/mol. The van der Waals surface area contributed by atoms with Gasteiger partial charge in [-0.05, 0) is 25.0 Å². The molecule has 7 nitrogen and oxygen atoms in total. The van der Waals surface area contributed by atoms with Gasteiger partial charge in [0.2, 0.25) is 5.54 Å². The summed E-state index contributed by atoms with van der Waals surface area (Å²) >= 11 is 0. The number of carboxylic acids is 1.